The van der Waals surface area contributed by atoms with Gasteiger partial charge in [0, 0.05) is 25.4 Å². The summed E-state index contributed by atoms with van der Waals surface area (Å²) in [5, 5.41) is 3.48. The van der Waals surface area contributed by atoms with Crippen LogP contribution in [0.1, 0.15) is 39.2 Å². The van der Waals surface area contributed by atoms with Gasteiger partial charge in [-0.2, -0.15) is 0 Å². The summed E-state index contributed by atoms with van der Waals surface area (Å²) in [4.78, 5) is 4.37. The highest BCUT2D eigenvalue weighted by atomic mass is 16.5. The van der Waals surface area contributed by atoms with Crippen LogP contribution in [-0.2, 0) is 17.8 Å². The van der Waals surface area contributed by atoms with Gasteiger partial charge in [-0.1, -0.05) is 0 Å². The summed E-state index contributed by atoms with van der Waals surface area (Å²) in [6.07, 6.45) is 2.15. The summed E-state index contributed by atoms with van der Waals surface area (Å²) in [6.45, 7) is 12.3. The van der Waals surface area contributed by atoms with Crippen LogP contribution in [0, 0.1) is 6.92 Å². The molecule has 0 amide bonds. The predicted octanol–water partition coefficient (Wildman–Crippen LogP) is 2.11. The molecule has 0 aliphatic carbocycles. The van der Waals surface area contributed by atoms with E-state index in [0.717, 1.165) is 18.9 Å². The van der Waals surface area contributed by atoms with Gasteiger partial charge >= 0.3 is 0 Å². The van der Waals surface area contributed by atoms with Crippen LogP contribution in [0.25, 0.3) is 0 Å². The number of methoxy groups -OCH3 is 1. The van der Waals surface area contributed by atoms with Crippen molar-refractivity contribution in [3.05, 3.63) is 17.7 Å². The molecule has 0 aromatic carbocycles. The van der Waals surface area contributed by atoms with Crippen LogP contribution >= 0.6 is 0 Å². The number of hydrogen-bond acceptors (Lipinski definition) is 3. The van der Waals surface area contributed by atoms with Crippen LogP contribution in [0.4, 0.5) is 0 Å². The predicted molar refractivity (Wildman–Crippen MR) is 70.0 cm³/mol. The van der Waals surface area contributed by atoms with Crippen molar-refractivity contribution in [1.82, 2.24) is 14.9 Å². The van der Waals surface area contributed by atoms with Gasteiger partial charge in [0.05, 0.1) is 18.3 Å². The van der Waals surface area contributed by atoms with E-state index in [-0.39, 0.29) is 11.6 Å². The zero-order valence-electron chi connectivity index (χ0n) is 11.9. The summed E-state index contributed by atoms with van der Waals surface area (Å²) in [5.41, 5.74) is 1.33. The molecule has 0 saturated carbocycles. The van der Waals surface area contributed by atoms with E-state index < -0.39 is 0 Å². The van der Waals surface area contributed by atoms with Crippen molar-refractivity contribution in [3.63, 3.8) is 0 Å². The standard InChI is InChI=1S/C13H25N3O/c1-10(17-6)9-16-11(2)14-7-12(16)8-15-13(3,4)5/h7,10,15H,8-9H2,1-6H3. The van der Waals surface area contributed by atoms with Gasteiger partial charge in [-0.25, -0.2) is 4.98 Å². The molecule has 0 saturated heterocycles. The molecule has 0 fully saturated rings. The Kier molecular flexibility index (Phi) is 4.71. The average molecular weight is 239 g/mol. The normalized spacial score (nSPS) is 14.0. The Morgan fingerprint density at radius 2 is 2.12 bits per heavy atom. The molecule has 98 valence electrons. The highest BCUT2D eigenvalue weighted by Gasteiger charge is 2.13. The van der Waals surface area contributed by atoms with E-state index in [1.54, 1.807) is 7.11 Å². The quantitative estimate of drug-likeness (QED) is 0.855. The minimum atomic E-state index is 0.121. The highest BCUT2D eigenvalue weighted by Crippen LogP contribution is 2.09. The first-order valence-electron chi connectivity index (χ1n) is 6.12. The molecule has 1 heterocycles. The van der Waals surface area contributed by atoms with Crippen LogP contribution in [0.5, 0.6) is 0 Å². The van der Waals surface area contributed by atoms with Crippen LogP contribution in [0.2, 0.25) is 0 Å². The number of aromatic nitrogens is 2. The average Bonchev–Trinajstić information content (AvgIpc) is 2.56. The topological polar surface area (TPSA) is 39.1 Å². The maximum absolute atomic E-state index is 5.31. The SMILES string of the molecule is COC(C)Cn1c(CNC(C)(C)C)cnc1C. The van der Waals surface area contributed by atoms with Crippen molar-refractivity contribution in [2.45, 2.75) is 59.4 Å². The molecule has 0 aliphatic rings. The number of nitrogens with one attached hydrogen (secondary N) is 1. The lowest BCUT2D eigenvalue weighted by Crippen LogP contribution is -2.36. The zero-order valence-corrected chi connectivity index (χ0v) is 11.9. The largest absolute Gasteiger partial charge is 0.380 e. The Labute approximate surface area is 104 Å². The van der Waals surface area contributed by atoms with Crippen LogP contribution in [0.15, 0.2) is 6.20 Å². The van der Waals surface area contributed by atoms with Crippen molar-refractivity contribution >= 4 is 0 Å². The zero-order chi connectivity index (χ0) is 13.1. The molecular formula is C13H25N3O. The summed E-state index contributed by atoms with van der Waals surface area (Å²) >= 11 is 0. The third-order valence-corrected chi connectivity index (χ3v) is 2.78. The molecule has 1 unspecified atom stereocenters. The Balaban J connectivity index is 2.72. The number of hydrogen-bond donors (Lipinski definition) is 1. The van der Waals surface area contributed by atoms with Gasteiger partial charge in [-0.15, -0.1) is 0 Å². The Bertz CT molecular complexity index is 352. The minimum absolute atomic E-state index is 0.121. The fraction of sp³-hybridized carbons (Fsp3) is 0.769. The first-order valence-corrected chi connectivity index (χ1v) is 6.12. The molecule has 0 spiro atoms. The molecule has 0 bridgehead atoms. The molecule has 1 rings (SSSR count). The van der Waals surface area contributed by atoms with Crippen molar-refractivity contribution in [2.75, 3.05) is 7.11 Å². The molecule has 1 aromatic heterocycles. The van der Waals surface area contributed by atoms with Crippen molar-refractivity contribution in [2.24, 2.45) is 0 Å². The van der Waals surface area contributed by atoms with Gasteiger partial charge in [0.1, 0.15) is 5.82 Å². The van der Waals surface area contributed by atoms with Gasteiger partial charge in [0.25, 0.3) is 0 Å². The van der Waals surface area contributed by atoms with E-state index in [9.17, 15) is 0 Å². The third kappa shape index (κ3) is 4.48. The lowest BCUT2D eigenvalue weighted by atomic mass is 10.1. The first kappa shape index (κ1) is 14.2. The number of nitrogens with zero attached hydrogens (tertiary/aromatic N) is 2. The van der Waals surface area contributed by atoms with Crippen LogP contribution in [0.3, 0.4) is 0 Å². The fourth-order valence-corrected chi connectivity index (χ4v) is 1.59. The second kappa shape index (κ2) is 5.65. The van der Waals surface area contributed by atoms with Crippen molar-refractivity contribution in [3.8, 4) is 0 Å². The molecule has 1 N–H and O–H groups in total. The fourth-order valence-electron chi connectivity index (χ4n) is 1.59. The summed E-state index contributed by atoms with van der Waals surface area (Å²) in [5.74, 6) is 1.04. The second-order valence-electron chi connectivity index (χ2n) is 5.56. The molecule has 1 aromatic rings. The lowest BCUT2D eigenvalue weighted by Gasteiger charge is -2.22. The maximum Gasteiger partial charge on any atom is 0.105 e. The number of ether oxygens (including phenoxy) is 1. The first-order chi connectivity index (χ1) is 7.83. The Morgan fingerprint density at radius 3 is 2.65 bits per heavy atom. The Morgan fingerprint density at radius 1 is 1.47 bits per heavy atom. The van der Waals surface area contributed by atoms with Gasteiger partial charge in [-0.3, -0.25) is 0 Å². The van der Waals surface area contributed by atoms with E-state index in [1.165, 1.54) is 5.69 Å². The molecule has 4 nitrogen and oxygen atoms in total. The van der Waals surface area contributed by atoms with E-state index in [1.807, 2.05) is 13.1 Å². The number of rotatable bonds is 5. The Hall–Kier alpha value is -0.870. The second-order valence-corrected chi connectivity index (χ2v) is 5.56. The highest BCUT2D eigenvalue weighted by molar-refractivity contribution is 5.05. The molecule has 4 heteroatoms. The summed E-state index contributed by atoms with van der Waals surface area (Å²) in [7, 11) is 1.74. The monoisotopic (exact) mass is 239 g/mol. The van der Waals surface area contributed by atoms with E-state index in [4.69, 9.17) is 4.74 Å². The van der Waals surface area contributed by atoms with E-state index in [2.05, 4.69) is 42.6 Å². The van der Waals surface area contributed by atoms with Crippen LogP contribution in [-0.4, -0.2) is 28.3 Å². The molecule has 1 atom stereocenters. The summed E-state index contributed by atoms with van der Waals surface area (Å²) in [6, 6.07) is 0. The maximum atomic E-state index is 5.31. The van der Waals surface area contributed by atoms with Gasteiger partial charge in [0.2, 0.25) is 0 Å². The van der Waals surface area contributed by atoms with Gasteiger partial charge in [-0.05, 0) is 34.6 Å². The van der Waals surface area contributed by atoms with Crippen molar-refractivity contribution < 1.29 is 4.74 Å². The molecular weight excluding hydrogens is 214 g/mol. The minimum Gasteiger partial charge on any atom is -0.380 e. The third-order valence-electron chi connectivity index (χ3n) is 2.78. The number of imidazole rings is 1. The molecule has 0 radical (unpaired) electrons. The molecule has 0 aliphatic heterocycles. The van der Waals surface area contributed by atoms with Crippen LogP contribution < -0.4 is 5.32 Å². The lowest BCUT2D eigenvalue weighted by molar-refractivity contribution is 0.102. The van der Waals surface area contributed by atoms with Crippen molar-refractivity contribution in [1.29, 1.82) is 0 Å². The van der Waals surface area contributed by atoms with Gasteiger partial charge in [0.15, 0.2) is 0 Å². The van der Waals surface area contributed by atoms with Gasteiger partial charge < -0.3 is 14.6 Å². The smallest absolute Gasteiger partial charge is 0.105 e. The van der Waals surface area contributed by atoms with E-state index >= 15 is 0 Å². The summed E-state index contributed by atoms with van der Waals surface area (Å²) < 4.78 is 7.53. The molecule has 17 heavy (non-hydrogen) atoms. The van der Waals surface area contributed by atoms with E-state index in [0.29, 0.717) is 0 Å². The number of aryl methyl sites for hydroxylation is 1.